The summed E-state index contributed by atoms with van der Waals surface area (Å²) in [5, 5.41) is 8.81. The normalized spacial score (nSPS) is 24.2. The lowest BCUT2D eigenvalue weighted by molar-refractivity contribution is -0.138. The van der Waals surface area contributed by atoms with Crippen molar-refractivity contribution in [1.29, 1.82) is 0 Å². The highest BCUT2D eigenvalue weighted by Gasteiger charge is 2.25. The minimum absolute atomic E-state index is 0.321. The van der Waals surface area contributed by atoms with Crippen molar-refractivity contribution >= 4 is 5.97 Å². The molecule has 1 saturated heterocycles. The van der Waals surface area contributed by atoms with E-state index in [-0.39, 0.29) is 0 Å². The Bertz CT molecular complexity index is 218. The number of carboxylic acid groups (broad SMARTS) is 1. The van der Waals surface area contributed by atoms with Crippen LogP contribution in [0.2, 0.25) is 0 Å². The highest BCUT2D eigenvalue weighted by Crippen LogP contribution is 2.26. The average molecular weight is 227 g/mol. The molecule has 2 atom stereocenters. The molecule has 1 aliphatic rings. The van der Waals surface area contributed by atoms with Gasteiger partial charge in [0.15, 0.2) is 0 Å². The van der Waals surface area contributed by atoms with E-state index in [1.54, 1.807) is 0 Å². The summed E-state index contributed by atoms with van der Waals surface area (Å²) in [4.78, 5) is 13.2. The Balaban J connectivity index is 2.34. The van der Waals surface area contributed by atoms with Crippen LogP contribution in [0.4, 0.5) is 0 Å². The predicted octanol–water partition coefficient (Wildman–Crippen LogP) is 2.61. The summed E-state index contributed by atoms with van der Waals surface area (Å²) in [5.74, 6) is 0.252. The van der Waals surface area contributed by atoms with E-state index in [0.29, 0.717) is 18.3 Å². The highest BCUT2D eigenvalue weighted by atomic mass is 16.4. The lowest BCUT2D eigenvalue weighted by atomic mass is 9.84. The van der Waals surface area contributed by atoms with Crippen LogP contribution in [-0.4, -0.2) is 35.6 Å². The Morgan fingerprint density at radius 2 is 2.31 bits per heavy atom. The number of hydrogen-bond donors (Lipinski definition) is 1. The van der Waals surface area contributed by atoms with Gasteiger partial charge in [0.2, 0.25) is 0 Å². The third kappa shape index (κ3) is 4.52. The van der Waals surface area contributed by atoms with Crippen molar-refractivity contribution in [2.24, 2.45) is 11.8 Å². The molecule has 1 rings (SSSR count). The van der Waals surface area contributed by atoms with Crippen molar-refractivity contribution in [1.82, 2.24) is 4.90 Å². The van der Waals surface area contributed by atoms with Crippen LogP contribution in [0, 0.1) is 11.8 Å². The van der Waals surface area contributed by atoms with Crippen LogP contribution in [0.1, 0.15) is 46.0 Å². The van der Waals surface area contributed by atoms with Crippen molar-refractivity contribution < 1.29 is 9.90 Å². The average Bonchev–Trinajstić information content (AvgIpc) is 2.26. The molecule has 0 saturated carbocycles. The molecule has 0 aromatic rings. The number of piperidine rings is 1. The van der Waals surface area contributed by atoms with Gasteiger partial charge in [0, 0.05) is 13.0 Å². The van der Waals surface area contributed by atoms with Crippen LogP contribution in [0.5, 0.6) is 0 Å². The maximum atomic E-state index is 10.7. The van der Waals surface area contributed by atoms with Crippen molar-refractivity contribution in [2.45, 2.75) is 46.0 Å². The fourth-order valence-corrected chi connectivity index (χ4v) is 2.58. The van der Waals surface area contributed by atoms with E-state index in [1.807, 2.05) is 0 Å². The van der Waals surface area contributed by atoms with E-state index >= 15 is 0 Å². The van der Waals surface area contributed by atoms with Crippen LogP contribution in [-0.2, 0) is 4.79 Å². The minimum Gasteiger partial charge on any atom is -0.481 e. The maximum Gasteiger partial charge on any atom is 0.303 e. The minimum atomic E-state index is -0.654. The maximum absolute atomic E-state index is 10.7. The van der Waals surface area contributed by atoms with Crippen molar-refractivity contribution in [3.8, 4) is 0 Å². The fourth-order valence-electron chi connectivity index (χ4n) is 2.58. The molecule has 1 heterocycles. The molecule has 1 fully saturated rings. The first-order valence-corrected chi connectivity index (χ1v) is 6.57. The van der Waals surface area contributed by atoms with Crippen molar-refractivity contribution in [2.75, 3.05) is 19.6 Å². The van der Waals surface area contributed by atoms with Gasteiger partial charge in [0.25, 0.3) is 0 Å². The van der Waals surface area contributed by atoms with Gasteiger partial charge in [-0.15, -0.1) is 0 Å². The Kier molecular flexibility index (Phi) is 5.81. The first-order chi connectivity index (χ1) is 7.63. The van der Waals surface area contributed by atoms with Gasteiger partial charge in [-0.3, -0.25) is 4.79 Å². The van der Waals surface area contributed by atoms with E-state index in [1.165, 1.54) is 38.8 Å². The van der Waals surface area contributed by atoms with E-state index in [4.69, 9.17) is 5.11 Å². The monoisotopic (exact) mass is 227 g/mol. The zero-order valence-corrected chi connectivity index (χ0v) is 10.6. The molecule has 2 unspecified atom stereocenters. The molecule has 94 valence electrons. The molecule has 0 aliphatic carbocycles. The Hall–Kier alpha value is -0.570. The van der Waals surface area contributed by atoms with Crippen LogP contribution >= 0.6 is 0 Å². The number of aliphatic carboxylic acids is 1. The standard InChI is InChI=1S/C13H25NO2/c1-3-4-7-14-8-5-6-12(10-14)11(2)9-13(15)16/h11-12H,3-10H2,1-2H3,(H,15,16). The third-order valence-electron chi connectivity index (χ3n) is 3.67. The predicted molar refractivity (Wildman–Crippen MR) is 65.5 cm³/mol. The Morgan fingerprint density at radius 3 is 2.94 bits per heavy atom. The van der Waals surface area contributed by atoms with Crippen molar-refractivity contribution in [3.63, 3.8) is 0 Å². The highest BCUT2D eigenvalue weighted by molar-refractivity contribution is 5.66. The molecule has 3 heteroatoms. The van der Waals surface area contributed by atoms with Gasteiger partial charge < -0.3 is 10.0 Å². The van der Waals surface area contributed by atoms with Gasteiger partial charge in [0.05, 0.1) is 0 Å². The summed E-state index contributed by atoms with van der Waals surface area (Å²) >= 11 is 0. The van der Waals surface area contributed by atoms with Crippen molar-refractivity contribution in [3.05, 3.63) is 0 Å². The van der Waals surface area contributed by atoms with E-state index in [0.717, 1.165) is 6.54 Å². The van der Waals surface area contributed by atoms with E-state index in [2.05, 4.69) is 18.7 Å². The summed E-state index contributed by atoms with van der Waals surface area (Å²) in [6.45, 7) is 7.80. The van der Waals surface area contributed by atoms with Crippen LogP contribution in [0.15, 0.2) is 0 Å². The molecule has 1 aliphatic heterocycles. The van der Waals surface area contributed by atoms with Crippen LogP contribution in [0.25, 0.3) is 0 Å². The number of likely N-dealkylation sites (tertiary alicyclic amines) is 1. The second kappa shape index (κ2) is 6.89. The molecule has 1 N–H and O–H groups in total. The summed E-state index contributed by atoms with van der Waals surface area (Å²) in [6.07, 6.45) is 5.27. The molecule has 0 spiro atoms. The molecule has 0 aromatic carbocycles. The number of rotatable bonds is 6. The quantitative estimate of drug-likeness (QED) is 0.758. The zero-order valence-electron chi connectivity index (χ0n) is 10.6. The molecule has 0 bridgehead atoms. The van der Waals surface area contributed by atoms with Gasteiger partial charge in [-0.05, 0) is 44.2 Å². The Labute approximate surface area is 98.8 Å². The molecule has 0 amide bonds. The molecule has 0 radical (unpaired) electrons. The number of carbonyl (C=O) groups is 1. The van der Waals surface area contributed by atoms with Crippen LogP contribution < -0.4 is 0 Å². The smallest absolute Gasteiger partial charge is 0.303 e. The molecule has 3 nitrogen and oxygen atoms in total. The number of nitrogens with zero attached hydrogens (tertiary/aromatic N) is 1. The fraction of sp³-hybridized carbons (Fsp3) is 0.923. The third-order valence-corrected chi connectivity index (χ3v) is 3.67. The lowest BCUT2D eigenvalue weighted by Crippen LogP contribution is -2.38. The topological polar surface area (TPSA) is 40.5 Å². The van der Waals surface area contributed by atoms with Gasteiger partial charge in [0.1, 0.15) is 0 Å². The summed E-state index contributed by atoms with van der Waals surface area (Å²) in [5.41, 5.74) is 0. The summed E-state index contributed by atoms with van der Waals surface area (Å²) in [6, 6.07) is 0. The van der Waals surface area contributed by atoms with E-state index in [9.17, 15) is 4.79 Å². The second-order valence-corrected chi connectivity index (χ2v) is 5.13. The molecule has 16 heavy (non-hydrogen) atoms. The van der Waals surface area contributed by atoms with E-state index < -0.39 is 5.97 Å². The van der Waals surface area contributed by atoms with Gasteiger partial charge in [-0.1, -0.05) is 20.3 Å². The number of carboxylic acids is 1. The van der Waals surface area contributed by atoms with Gasteiger partial charge in [-0.2, -0.15) is 0 Å². The molecule has 0 aromatic heterocycles. The Morgan fingerprint density at radius 1 is 1.56 bits per heavy atom. The van der Waals surface area contributed by atoms with Gasteiger partial charge >= 0.3 is 5.97 Å². The first-order valence-electron chi connectivity index (χ1n) is 6.57. The summed E-state index contributed by atoms with van der Waals surface area (Å²) < 4.78 is 0. The molecular weight excluding hydrogens is 202 g/mol. The zero-order chi connectivity index (χ0) is 12.0. The summed E-state index contributed by atoms with van der Waals surface area (Å²) in [7, 11) is 0. The second-order valence-electron chi connectivity index (χ2n) is 5.13. The van der Waals surface area contributed by atoms with Crippen LogP contribution in [0.3, 0.4) is 0 Å². The number of unbranched alkanes of at least 4 members (excludes halogenated alkanes) is 1. The first kappa shape index (κ1) is 13.5. The van der Waals surface area contributed by atoms with Gasteiger partial charge in [-0.25, -0.2) is 0 Å². The molecular formula is C13H25NO2. The largest absolute Gasteiger partial charge is 0.481 e. The lowest BCUT2D eigenvalue weighted by Gasteiger charge is -2.35. The number of hydrogen-bond acceptors (Lipinski definition) is 2. The SMILES string of the molecule is CCCCN1CCCC(C(C)CC(=O)O)C1.